The van der Waals surface area contributed by atoms with Crippen molar-refractivity contribution >= 4 is 5.78 Å². The van der Waals surface area contributed by atoms with Gasteiger partial charge in [0.1, 0.15) is 0 Å². The average molecular weight is 275 g/mol. The zero-order chi connectivity index (χ0) is 13.9. The van der Waals surface area contributed by atoms with Crippen LogP contribution >= 0.6 is 0 Å². The van der Waals surface area contributed by atoms with Gasteiger partial charge in [-0.3, -0.25) is 14.9 Å². The molecule has 3 saturated carbocycles. The van der Waals surface area contributed by atoms with Crippen LogP contribution in [0.2, 0.25) is 0 Å². The topological polar surface area (TPSA) is 60.2 Å². The van der Waals surface area contributed by atoms with Gasteiger partial charge in [-0.15, -0.1) is 0 Å². The van der Waals surface area contributed by atoms with Crippen molar-refractivity contribution in [2.75, 3.05) is 0 Å². The molecule has 0 radical (unpaired) electrons. The summed E-state index contributed by atoms with van der Waals surface area (Å²) in [4.78, 5) is 23.2. The molecule has 6 atom stereocenters. The molecule has 0 amide bonds. The van der Waals surface area contributed by atoms with Gasteiger partial charge in [0.2, 0.25) is 5.78 Å². The van der Waals surface area contributed by atoms with Crippen LogP contribution in [0.15, 0.2) is 11.6 Å². The Morgan fingerprint density at radius 1 is 1.10 bits per heavy atom. The minimum absolute atomic E-state index is 0.0486. The van der Waals surface area contributed by atoms with E-state index in [2.05, 4.69) is 0 Å². The summed E-state index contributed by atoms with van der Waals surface area (Å²) >= 11 is 0. The molecule has 3 fully saturated rings. The lowest BCUT2D eigenvalue weighted by Gasteiger charge is -2.54. The van der Waals surface area contributed by atoms with Crippen molar-refractivity contribution in [3.8, 4) is 0 Å². The van der Waals surface area contributed by atoms with Gasteiger partial charge in [0.15, 0.2) is 0 Å². The Bertz CT molecular complexity index is 492. The van der Waals surface area contributed by atoms with Gasteiger partial charge >= 0.3 is 0 Å². The Kier molecular flexibility index (Phi) is 2.76. The van der Waals surface area contributed by atoms with Crippen LogP contribution in [0.4, 0.5) is 0 Å². The fourth-order valence-corrected chi connectivity index (χ4v) is 5.72. The predicted molar refractivity (Wildman–Crippen MR) is 73.6 cm³/mol. The van der Waals surface area contributed by atoms with Gasteiger partial charge in [0.05, 0.1) is 0 Å². The van der Waals surface area contributed by atoms with Crippen molar-refractivity contribution < 1.29 is 9.72 Å². The summed E-state index contributed by atoms with van der Waals surface area (Å²) in [5.74, 6) is 2.41. The molecule has 6 unspecified atom stereocenters. The van der Waals surface area contributed by atoms with Crippen LogP contribution in [0.5, 0.6) is 0 Å². The highest BCUT2D eigenvalue weighted by atomic mass is 16.6. The first-order chi connectivity index (χ1) is 9.66. The molecule has 0 aromatic rings. The largest absolute Gasteiger partial charge is 0.291 e. The van der Waals surface area contributed by atoms with Gasteiger partial charge in [-0.25, -0.2) is 0 Å². The number of carbonyl (C=O) groups excluding carboxylic acids is 1. The number of Topliss-reactive ketones (excluding diaryl/α,β-unsaturated/α-hetero) is 1. The molecule has 0 spiro atoms. The highest BCUT2D eigenvalue weighted by molar-refractivity contribution is 5.89. The number of ketones is 1. The van der Waals surface area contributed by atoms with Crippen LogP contribution in [-0.4, -0.2) is 16.7 Å². The molecule has 0 aromatic heterocycles. The summed E-state index contributed by atoms with van der Waals surface area (Å²) < 4.78 is 0. The molecule has 0 heterocycles. The summed E-state index contributed by atoms with van der Waals surface area (Å²) in [7, 11) is 0. The fraction of sp³-hybridized carbons (Fsp3) is 0.812. The van der Waals surface area contributed by atoms with E-state index in [1.165, 1.54) is 31.3 Å². The second kappa shape index (κ2) is 4.40. The normalized spacial score (nSPS) is 46.4. The number of hydrogen-bond acceptors (Lipinski definition) is 3. The number of allylic oxidation sites excluding steroid dienone is 1. The molecule has 0 saturated heterocycles. The Morgan fingerprint density at radius 2 is 1.85 bits per heavy atom. The second-order valence-electron chi connectivity index (χ2n) is 7.15. The van der Waals surface area contributed by atoms with Crippen LogP contribution in [0.25, 0.3) is 0 Å². The van der Waals surface area contributed by atoms with Crippen LogP contribution in [0, 0.1) is 39.7 Å². The smallest absolute Gasteiger partial charge is 0.289 e. The maximum Gasteiger partial charge on any atom is 0.289 e. The first-order valence-electron chi connectivity index (χ1n) is 8.04. The zero-order valence-electron chi connectivity index (χ0n) is 11.7. The minimum atomic E-state index is -1.05. The number of nitro groups is 1. The molecular formula is C16H21NO3. The lowest BCUT2D eigenvalue weighted by atomic mass is 9.50. The van der Waals surface area contributed by atoms with E-state index in [0.717, 1.165) is 31.1 Å². The maximum absolute atomic E-state index is 12.5. The SMILES string of the molecule is O=C1C2CCC3CCCC4CCC(=CC1[N+](=O)[O-])C2C43. The quantitative estimate of drug-likeness (QED) is 0.420. The molecule has 0 bridgehead atoms. The van der Waals surface area contributed by atoms with Crippen molar-refractivity contribution in [3.63, 3.8) is 0 Å². The van der Waals surface area contributed by atoms with Crippen molar-refractivity contribution in [1.82, 2.24) is 0 Å². The third kappa shape index (κ3) is 1.63. The van der Waals surface area contributed by atoms with Gasteiger partial charge in [-0.2, -0.15) is 0 Å². The van der Waals surface area contributed by atoms with E-state index in [0.29, 0.717) is 11.8 Å². The van der Waals surface area contributed by atoms with Gasteiger partial charge in [-0.05, 0) is 55.4 Å². The molecular weight excluding hydrogens is 254 g/mol. The van der Waals surface area contributed by atoms with Gasteiger partial charge in [-0.1, -0.05) is 24.8 Å². The van der Waals surface area contributed by atoms with E-state index in [9.17, 15) is 14.9 Å². The predicted octanol–water partition coefficient (Wildman–Crippen LogP) is 2.99. The van der Waals surface area contributed by atoms with Crippen LogP contribution in [0.1, 0.15) is 44.9 Å². The molecule has 4 heteroatoms. The highest BCUT2D eigenvalue weighted by Gasteiger charge is 2.54. The monoisotopic (exact) mass is 275 g/mol. The molecule has 4 aliphatic rings. The van der Waals surface area contributed by atoms with Gasteiger partial charge < -0.3 is 0 Å². The second-order valence-corrected chi connectivity index (χ2v) is 7.15. The van der Waals surface area contributed by atoms with E-state index in [4.69, 9.17) is 0 Å². The average Bonchev–Trinajstić information content (AvgIpc) is 2.46. The molecule has 4 nitrogen and oxygen atoms in total. The van der Waals surface area contributed by atoms with E-state index >= 15 is 0 Å². The van der Waals surface area contributed by atoms with Crippen LogP contribution < -0.4 is 0 Å². The highest BCUT2D eigenvalue weighted by Crippen LogP contribution is 2.57. The molecule has 0 aliphatic heterocycles. The Morgan fingerprint density at radius 3 is 2.60 bits per heavy atom. The Hall–Kier alpha value is -1.19. The van der Waals surface area contributed by atoms with Crippen molar-refractivity contribution in [3.05, 3.63) is 21.8 Å². The summed E-state index contributed by atoms with van der Waals surface area (Å²) in [6.07, 6.45) is 9.87. The van der Waals surface area contributed by atoms with Crippen molar-refractivity contribution in [1.29, 1.82) is 0 Å². The summed E-state index contributed by atoms with van der Waals surface area (Å²) in [5.41, 5.74) is 1.25. The van der Waals surface area contributed by atoms with Crippen LogP contribution in [0.3, 0.4) is 0 Å². The maximum atomic E-state index is 12.5. The first kappa shape index (κ1) is 12.5. The first-order valence-corrected chi connectivity index (χ1v) is 8.04. The van der Waals surface area contributed by atoms with E-state index in [-0.39, 0.29) is 16.6 Å². The van der Waals surface area contributed by atoms with Crippen molar-refractivity contribution in [2.24, 2.45) is 29.6 Å². The summed E-state index contributed by atoms with van der Waals surface area (Å²) in [6, 6.07) is -1.05. The van der Waals surface area contributed by atoms with E-state index in [1.807, 2.05) is 0 Å². The molecule has 4 rings (SSSR count). The third-order valence-corrected chi connectivity index (χ3v) is 6.42. The molecule has 0 aromatic carbocycles. The zero-order valence-corrected chi connectivity index (χ0v) is 11.7. The van der Waals surface area contributed by atoms with E-state index < -0.39 is 6.04 Å². The number of carbonyl (C=O) groups is 1. The Balaban J connectivity index is 1.75. The molecule has 4 aliphatic carbocycles. The lowest BCUT2D eigenvalue weighted by molar-refractivity contribution is -0.496. The summed E-state index contributed by atoms with van der Waals surface area (Å²) in [6.45, 7) is 0. The molecule has 0 N–H and O–H groups in total. The number of nitrogens with zero attached hydrogens (tertiary/aromatic N) is 1. The Labute approximate surface area is 118 Å². The fourth-order valence-electron chi connectivity index (χ4n) is 5.72. The number of rotatable bonds is 1. The standard InChI is InChI=1S/C16H21NO3/c18-16-12-7-6-10-3-1-2-9-4-5-11(15(12)14(9)10)8-13(16)17(19)20/h8-10,12-15H,1-7H2. The molecule has 108 valence electrons. The van der Waals surface area contributed by atoms with E-state index in [1.54, 1.807) is 6.08 Å². The van der Waals surface area contributed by atoms with Crippen LogP contribution in [-0.2, 0) is 4.79 Å². The van der Waals surface area contributed by atoms with Crippen molar-refractivity contribution in [2.45, 2.75) is 51.0 Å². The third-order valence-electron chi connectivity index (χ3n) is 6.42. The minimum Gasteiger partial charge on any atom is -0.291 e. The van der Waals surface area contributed by atoms with Gasteiger partial charge in [0.25, 0.3) is 6.04 Å². The number of hydrogen-bond donors (Lipinski definition) is 0. The van der Waals surface area contributed by atoms with Gasteiger partial charge in [0, 0.05) is 10.8 Å². The summed E-state index contributed by atoms with van der Waals surface area (Å²) in [5, 5.41) is 11.1. The lowest BCUT2D eigenvalue weighted by Crippen LogP contribution is -2.52. The molecule has 20 heavy (non-hydrogen) atoms.